The number of hydrogen-bond acceptors (Lipinski definition) is 4. The van der Waals surface area contributed by atoms with E-state index in [4.69, 9.17) is 4.74 Å². The highest BCUT2D eigenvalue weighted by atomic mass is 16.5. The molecule has 5 nitrogen and oxygen atoms in total. The van der Waals surface area contributed by atoms with Crippen LogP contribution in [0.2, 0.25) is 0 Å². The molecule has 3 atom stereocenters. The number of amides is 1. The van der Waals surface area contributed by atoms with Crippen LogP contribution in [0.5, 0.6) is 0 Å². The number of rotatable bonds is 6. The number of nitrogens with zero attached hydrogens (tertiary/aromatic N) is 1. The maximum atomic E-state index is 11.9. The molecule has 1 aliphatic carbocycles. The summed E-state index contributed by atoms with van der Waals surface area (Å²) in [6, 6.07) is 0.647. The molecular formula is C15H28N2O3. The summed E-state index contributed by atoms with van der Waals surface area (Å²) < 4.78 is 5.41. The zero-order valence-corrected chi connectivity index (χ0v) is 12.7. The standard InChI is InChI=1S/C15H28N2O3/c1-11(2)20-9-7-15(19)16-13-4-3-5-14(13)17-8-6-12(18)10-17/h11-14,18H,3-10H2,1-2H3,(H,16,19)/t12?,13-,14+/m1/s1. The Kier molecular flexibility index (Phi) is 5.81. The maximum absolute atomic E-state index is 11.9. The lowest BCUT2D eigenvalue weighted by Crippen LogP contribution is -2.48. The van der Waals surface area contributed by atoms with Gasteiger partial charge in [-0.25, -0.2) is 0 Å². The molecule has 1 aliphatic heterocycles. The number of nitrogens with one attached hydrogen (secondary N) is 1. The molecule has 1 saturated carbocycles. The molecule has 0 aromatic rings. The van der Waals surface area contributed by atoms with Crippen LogP contribution < -0.4 is 5.32 Å². The number of carbonyl (C=O) groups excluding carboxylic acids is 1. The average molecular weight is 284 g/mol. The molecule has 2 fully saturated rings. The van der Waals surface area contributed by atoms with Gasteiger partial charge in [0.25, 0.3) is 0 Å². The minimum atomic E-state index is -0.189. The van der Waals surface area contributed by atoms with Gasteiger partial charge in [0.15, 0.2) is 0 Å². The van der Waals surface area contributed by atoms with Gasteiger partial charge < -0.3 is 15.2 Å². The summed E-state index contributed by atoms with van der Waals surface area (Å²) in [5.74, 6) is 0.0855. The molecule has 2 rings (SSSR count). The quantitative estimate of drug-likeness (QED) is 0.761. The van der Waals surface area contributed by atoms with E-state index in [9.17, 15) is 9.90 Å². The van der Waals surface area contributed by atoms with E-state index in [0.717, 1.165) is 38.8 Å². The summed E-state index contributed by atoms with van der Waals surface area (Å²) in [6.07, 6.45) is 4.61. The Morgan fingerprint density at radius 1 is 1.40 bits per heavy atom. The van der Waals surface area contributed by atoms with E-state index in [0.29, 0.717) is 19.1 Å². The molecule has 0 aromatic heterocycles. The zero-order valence-electron chi connectivity index (χ0n) is 12.7. The molecule has 0 bridgehead atoms. The highest BCUT2D eigenvalue weighted by Gasteiger charge is 2.36. The van der Waals surface area contributed by atoms with E-state index in [-0.39, 0.29) is 24.2 Å². The van der Waals surface area contributed by atoms with Crippen molar-refractivity contribution in [1.82, 2.24) is 10.2 Å². The second kappa shape index (κ2) is 7.38. The zero-order chi connectivity index (χ0) is 14.5. The molecule has 2 N–H and O–H groups in total. The number of aliphatic hydroxyl groups is 1. The predicted octanol–water partition coefficient (Wildman–Crippen LogP) is 0.905. The maximum Gasteiger partial charge on any atom is 0.222 e. The van der Waals surface area contributed by atoms with Crippen LogP contribution in [0.25, 0.3) is 0 Å². The fourth-order valence-corrected chi connectivity index (χ4v) is 3.28. The van der Waals surface area contributed by atoms with Crippen LogP contribution in [0.1, 0.15) is 46.0 Å². The van der Waals surface area contributed by atoms with Gasteiger partial charge in [0.05, 0.1) is 18.8 Å². The Morgan fingerprint density at radius 3 is 2.85 bits per heavy atom. The SMILES string of the molecule is CC(C)OCCC(=O)N[C@@H]1CCC[C@@H]1N1CCC(O)C1. The lowest BCUT2D eigenvalue weighted by Gasteiger charge is -2.29. The van der Waals surface area contributed by atoms with Gasteiger partial charge in [-0.3, -0.25) is 9.69 Å². The summed E-state index contributed by atoms with van der Waals surface area (Å²) in [5.41, 5.74) is 0. The molecule has 2 aliphatic rings. The van der Waals surface area contributed by atoms with Gasteiger partial charge in [-0.1, -0.05) is 0 Å². The van der Waals surface area contributed by atoms with Crippen molar-refractivity contribution in [3.05, 3.63) is 0 Å². The van der Waals surface area contributed by atoms with Gasteiger partial charge >= 0.3 is 0 Å². The van der Waals surface area contributed by atoms with E-state index in [1.165, 1.54) is 0 Å². The third-order valence-electron chi connectivity index (χ3n) is 4.27. The molecule has 1 heterocycles. The molecule has 116 valence electrons. The van der Waals surface area contributed by atoms with Crippen LogP contribution in [0.4, 0.5) is 0 Å². The molecule has 1 unspecified atom stereocenters. The van der Waals surface area contributed by atoms with Crippen LogP contribution in [-0.2, 0) is 9.53 Å². The Balaban J connectivity index is 1.74. The number of β-amino-alcohol motifs (C(OH)–C–C–N with tert-alkyl or cyclic N) is 1. The van der Waals surface area contributed by atoms with E-state index in [1.807, 2.05) is 13.8 Å². The first-order valence-corrected chi connectivity index (χ1v) is 7.89. The second-order valence-electron chi connectivity index (χ2n) is 6.28. The minimum Gasteiger partial charge on any atom is -0.392 e. The van der Waals surface area contributed by atoms with E-state index < -0.39 is 0 Å². The summed E-state index contributed by atoms with van der Waals surface area (Å²) in [5, 5.41) is 12.8. The molecule has 0 radical (unpaired) electrons. The fourth-order valence-electron chi connectivity index (χ4n) is 3.28. The first-order chi connectivity index (χ1) is 9.56. The monoisotopic (exact) mass is 284 g/mol. The van der Waals surface area contributed by atoms with Crippen LogP contribution in [0.15, 0.2) is 0 Å². The van der Waals surface area contributed by atoms with E-state index in [2.05, 4.69) is 10.2 Å². The number of hydrogen-bond donors (Lipinski definition) is 2. The molecule has 5 heteroatoms. The van der Waals surface area contributed by atoms with Crippen LogP contribution >= 0.6 is 0 Å². The Hall–Kier alpha value is -0.650. The highest BCUT2D eigenvalue weighted by molar-refractivity contribution is 5.76. The lowest BCUT2D eigenvalue weighted by molar-refractivity contribution is -0.123. The van der Waals surface area contributed by atoms with Crippen LogP contribution in [0.3, 0.4) is 0 Å². The summed E-state index contributed by atoms with van der Waals surface area (Å²) >= 11 is 0. The lowest BCUT2D eigenvalue weighted by atomic mass is 10.1. The smallest absolute Gasteiger partial charge is 0.222 e. The Bertz CT molecular complexity index is 322. The third kappa shape index (κ3) is 4.43. The number of likely N-dealkylation sites (tertiary alicyclic amines) is 1. The first-order valence-electron chi connectivity index (χ1n) is 7.89. The number of carbonyl (C=O) groups is 1. The van der Waals surface area contributed by atoms with Gasteiger partial charge in [-0.05, 0) is 39.5 Å². The van der Waals surface area contributed by atoms with Crippen molar-refractivity contribution in [2.75, 3.05) is 19.7 Å². The van der Waals surface area contributed by atoms with Crippen molar-refractivity contribution < 1.29 is 14.6 Å². The van der Waals surface area contributed by atoms with Crippen molar-refractivity contribution in [1.29, 1.82) is 0 Å². The molecule has 20 heavy (non-hydrogen) atoms. The predicted molar refractivity (Wildman–Crippen MR) is 77.5 cm³/mol. The van der Waals surface area contributed by atoms with Crippen molar-refractivity contribution in [2.45, 2.75) is 70.2 Å². The number of ether oxygens (including phenoxy) is 1. The second-order valence-corrected chi connectivity index (χ2v) is 6.28. The summed E-state index contributed by atoms with van der Waals surface area (Å²) in [6.45, 7) is 6.15. The molecule has 1 amide bonds. The van der Waals surface area contributed by atoms with Crippen molar-refractivity contribution >= 4 is 5.91 Å². The molecule has 0 aromatic carbocycles. The molecular weight excluding hydrogens is 256 g/mol. The Morgan fingerprint density at radius 2 is 2.20 bits per heavy atom. The normalized spacial score (nSPS) is 31.1. The third-order valence-corrected chi connectivity index (χ3v) is 4.27. The van der Waals surface area contributed by atoms with Crippen LogP contribution in [-0.4, -0.2) is 59.9 Å². The summed E-state index contributed by atoms with van der Waals surface area (Å²) in [7, 11) is 0. The highest BCUT2D eigenvalue weighted by Crippen LogP contribution is 2.27. The number of aliphatic hydroxyl groups excluding tert-OH is 1. The first kappa shape index (κ1) is 15.7. The van der Waals surface area contributed by atoms with Gasteiger partial charge in [0.1, 0.15) is 0 Å². The summed E-state index contributed by atoms with van der Waals surface area (Å²) in [4.78, 5) is 14.3. The molecule has 1 saturated heterocycles. The largest absolute Gasteiger partial charge is 0.392 e. The van der Waals surface area contributed by atoms with Crippen molar-refractivity contribution in [3.8, 4) is 0 Å². The molecule has 0 spiro atoms. The van der Waals surface area contributed by atoms with E-state index in [1.54, 1.807) is 0 Å². The van der Waals surface area contributed by atoms with Gasteiger partial charge in [-0.2, -0.15) is 0 Å². The van der Waals surface area contributed by atoms with Gasteiger partial charge in [-0.15, -0.1) is 0 Å². The average Bonchev–Trinajstić information content (AvgIpc) is 2.97. The fraction of sp³-hybridized carbons (Fsp3) is 0.933. The van der Waals surface area contributed by atoms with E-state index >= 15 is 0 Å². The Labute approximate surface area is 121 Å². The van der Waals surface area contributed by atoms with Crippen molar-refractivity contribution in [2.24, 2.45) is 0 Å². The van der Waals surface area contributed by atoms with Crippen LogP contribution in [0, 0.1) is 0 Å². The van der Waals surface area contributed by atoms with Gasteiger partial charge in [0.2, 0.25) is 5.91 Å². The van der Waals surface area contributed by atoms with Gasteiger partial charge in [0, 0.05) is 31.6 Å². The van der Waals surface area contributed by atoms with Crippen molar-refractivity contribution in [3.63, 3.8) is 0 Å². The topological polar surface area (TPSA) is 61.8 Å². The minimum absolute atomic E-state index is 0.0855.